The van der Waals surface area contributed by atoms with Crippen LogP contribution in [0.2, 0.25) is 0 Å². The topological polar surface area (TPSA) is 69.2 Å². The zero-order valence-corrected chi connectivity index (χ0v) is 13.1. The van der Waals surface area contributed by atoms with Gasteiger partial charge >= 0.3 is 0 Å². The number of rotatable bonds is 5. The number of nitrogens with zero attached hydrogens (tertiary/aromatic N) is 1. The molecule has 2 unspecified atom stereocenters. The number of nitro benzene ring substituents is 1. The maximum Gasteiger partial charge on any atom is 0.272 e. The molecule has 0 radical (unpaired) electrons. The summed E-state index contributed by atoms with van der Waals surface area (Å²) in [5, 5.41) is 11.1. The van der Waals surface area contributed by atoms with E-state index >= 15 is 0 Å². The van der Waals surface area contributed by atoms with Crippen LogP contribution in [0, 0.1) is 28.4 Å². The second kappa shape index (κ2) is 6.56. The Labute approximate surface area is 126 Å². The van der Waals surface area contributed by atoms with Gasteiger partial charge in [0.05, 0.1) is 4.92 Å². The van der Waals surface area contributed by atoms with Gasteiger partial charge in [-0.25, -0.2) is 0 Å². The van der Waals surface area contributed by atoms with Crippen molar-refractivity contribution in [3.05, 3.63) is 39.4 Å². The number of hydrogen-bond acceptors (Lipinski definition) is 3. The van der Waals surface area contributed by atoms with Crippen molar-refractivity contribution in [1.29, 1.82) is 0 Å². The second-order valence-electron chi connectivity index (χ2n) is 6.57. The van der Waals surface area contributed by atoms with E-state index in [1.54, 1.807) is 12.1 Å². The fourth-order valence-corrected chi connectivity index (χ4v) is 3.81. The van der Waals surface area contributed by atoms with Crippen molar-refractivity contribution in [3.63, 3.8) is 0 Å². The lowest BCUT2D eigenvalue weighted by Gasteiger charge is -2.40. The molecule has 2 N–H and O–H groups in total. The highest BCUT2D eigenvalue weighted by Gasteiger charge is 2.35. The summed E-state index contributed by atoms with van der Waals surface area (Å²) in [6.07, 6.45) is 6.89. The molecule has 0 aliphatic heterocycles. The molecule has 1 aromatic rings. The maximum absolute atomic E-state index is 11.1. The van der Waals surface area contributed by atoms with E-state index in [9.17, 15) is 10.1 Å². The van der Waals surface area contributed by atoms with Crippen LogP contribution in [0.15, 0.2) is 18.2 Å². The molecule has 1 aliphatic carbocycles. The van der Waals surface area contributed by atoms with E-state index in [0.29, 0.717) is 6.54 Å². The normalized spacial score (nSPS) is 25.8. The lowest BCUT2D eigenvalue weighted by Crippen LogP contribution is -2.38. The summed E-state index contributed by atoms with van der Waals surface area (Å²) in [6.45, 7) is 4.78. The number of benzene rings is 1. The number of hydrogen-bond donors (Lipinski definition) is 1. The van der Waals surface area contributed by atoms with Crippen molar-refractivity contribution in [2.75, 3.05) is 6.54 Å². The van der Waals surface area contributed by atoms with Gasteiger partial charge in [-0.15, -0.1) is 0 Å². The van der Waals surface area contributed by atoms with Gasteiger partial charge in [-0.1, -0.05) is 38.3 Å². The van der Waals surface area contributed by atoms with Crippen LogP contribution in [0.1, 0.15) is 50.2 Å². The Morgan fingerprint density at radius 3 is 2.86 bits per heavy atom. The van der Waals surface area contributed by atoms with Gasteiger partial charge in [0, 0.05) is 11.6 Å². The summed E-state index contributed by atoms with van der Waals surface area (Å²) in [5.41, 5.74) is 8.35. The van der Waals surface area contributed by atoms with Crippen molar-refractivity contribution >= 4 is 5.69 Å². The molecule has 4 nitrogen and oxygen atoms in total. The molecule has 0 aromatic heterocycles. The van der Waals surface area contributed by atoms with Crippen molar-refractivity contribution < 1.29 is 4.92 Å². The molecule has 116 valence electrons. The van der Waals surface area contributed by atoms with Crippen LogP contribution < -0.4 is 5.73 Å². The van der Waals surface area contributed by atoms with Crippen LogP contribution in [0.5, 0.6) is 0 Å². The Balaban J connectivity index is 2.26. The summed E-state index contributed by atoms with van der Waals surface area (Å²) in [7, 11) is 0. The predicted octanol–water partition coefficient (Wildman–Crippen LogP) is 3.99. The molecule has 1 saturated carbocycles. The Morgan fingerprint density at radius 2 is 2.24 bits per heavy atom. The molecule has 0 heterocycles. The molecule has 1 aliphatic rings. The van der Waals surface area contributed by atoms with Crippen LogP contribution in [0.25, 0.3) is 0 Å². The third kappa shape index (κ3) is 3.43. The lowest BCUT2D eigenvalue weighted by molar-refractivity contribution is -0.385. The van der Waals surface area contributed by atoms with Gasteiger partial charge in [-0.3, -0.25) is 10.1 Å². The Bertz CT molecular complexity index is 516. The molecule has 2 atom stereocenters. The maximum atomic E-state index is 11.1. The molecular formula is C17H26N2O2. The smallest absolute Gasteiger partial charge is 0.272 e. The molecule has 1 aromatic carbocycles. The Hall–Kier alpha value is -1.42. The number of nitrogens with two attached hydrogens (primary N) is 1. The fourth-order valence-electron chi connectivity index (χ4n) is 3.81. The van der Waals surface area contributed by atoms with Gasteiger partial charge in [-0.2, -0.15) is 0 Å². The average Bonchev–Trinajstić information content (AvgIpc) is 2.49. The third-order valence-electron chi connectivity index (χ3n) is 5.23. The molecule has 0 spiro atoms. The minimum absolute atomic E-state index is 0.124. The molecule has 4 heteroatoms. The highest BCUT2D eigenvalue weighted by molar-refractivity contribution is 5.44. The Kier molecular flexibility index (Phi) is 4.99. The largest absolute Gasteiger partial charge is 0.330 e. The molecule has 0 bridgehead atoms. The van der Waals surface area contributed by atoms with E-state index in [1.165, 1.54) is 19.3 Å². The van der Waals surface area contributed by atoms with Crippen LogP contribution >= 0.6 is 0 Å². The summed E-state index contributed by atoms with van der Waals surface area (Å²) >= 11 is 0. The first-order valence-electron chi connectivity index (χ1n) is 7.94. The molecule has 2 rings (SSSR count). The van der Waals surface area contributed by atoms with E-state index in [1.807, 2.05) is 13.0 Å². The second-order valence-corrected chi connectivity index (χ2v) is 6.57. The average molecular weight is 290 g/mol. The monoisotopic (exact) mass is 290 g/mol. The highest BCUT2D eigenvalue weighted by Crippen LogP contribution is 2.43. The zero-order valence-electron chi connectivity index (χ0n) is 13.1. The molecule has 1 fully saturated rings. The molecule has 21 heavy (non-hydrogen) atoms. The van der Waals surface area contributed by atoms with Crippen molar-refractivity contribution in [1.82, 2.24) is 0 Å². The van der Waals surface area contributed by atoms with Crippen LogP contribution in [-0.4, -0.2) is 11.5 Å². The van der Waals surface area contributed by atoms with E-state index in [-0.39, 0.29) is 16.0 Å². The van der Waals surface area contributed by atoms with Gasteiger partial charge in [-0.05, 0) is 49.6 Å². The highest BCUT2D eigenvalue weighted by atomic mass is 16.6. The lowest BCUT2D eigenvalue weighted by atomic mass is 9.66. The standard InChI is InChI=1S/C17H26N2O2/c1-3-14-6-5-9-17(10-14,12-18)11-15-7-4-8-16(13(15)2)19(20)21/h4,7-8,14H,3,5-6,9-12,18H2,1-2H3. The first kappa shape index (κ1) is 16.0. The predicted molar refractivity (Wildman–Crippen MR) is 85.3 cm³/mol. The van der Waals surface area contributed by atoms with Crippen LogP contribution in [0.4, 0.5) is 5.69 Å². The van der Waals surface area contributed by atoms with Gasteiger partial charge in [0.15, 0.2) is 0 Å². The van der Waals surface area contributed by atoms with Crippen molar-refractivity contribution in [3.8, 4) is 0 Å². The molecule has 0 saturated heterocycles. The van der Waals surface area contributed by atoms with Gasteiger partial charge in [0.2, 0.25) is 0 Å². The van der Waals surface area contributed by atoms with E-state index in [4.69, 9.17) is 5.73 Å². The summed E-state index contributed by atoms with van der Waals surface area (Å²) in [5.74, 6) is 0.751. The minimum Gasteiger partial charge on any atom is -0.330 e. The third-order valence-corrected chi connectivity index (χ3v) is 5.23. The quantitative estimate of drug-likeness (QED) is 0.658. The van der Waals surface area contributed by atoms with E-state index in [2.05, 4.69) is 6.92 Å². The first-order valence-corrected chi connectivity index (χ1v) is 7.94. The van der Waals surface area contributed by atoms with Crippen molar-refractivity contribution in [2.24, 2.45) is 17.1 Å². The molecular weight excluding hydrogens is 264 g/mol. The summed E-state index contributed by atoms with van der Waals surface area (Å²) in [4.78, 5) is 10.8. The zero-order chi connectivity index (χ0) is 15.5. The Morgan fingerprint density at radius 1 is 1.48 bits per heavy atom. The minimum atomic E-state index is -0.288. The SMILES string of the molecule is CCC1CCCC(CN)(Cc2cccc([N+](=O)[O-])c2C)C1. The van der Waals surface area contributed by atoms with E-state index < -0.39 is 0 Å². The van der Waals surface area contributed by atoms with Crippen LogP contribution in [-0.2, 0) is 6.42 Å². The number of nitro groups is 1. The molecule has 0 amide bonds. The van der Waals surface area contributed by atoms with Gasteiger partial charge in [0.25, 0.3) is 5.69 Å². The van der Waals surface area contributed by atoms with Gasteiger partial charge in [0.1, 0.15) is 0 Å². The van der Waals surface area contributed by atoms with E-state index in [0.717, 1.165) is 36.3 Å². The fraction of sp³-hybridized carbons (Fsp3) is 0.647. The summed E-state index contributed by atoms with van der Waals surface area (Å²) in [6, 6.07) is 5.41. The van der Waals surface area contributed by atoms with Crippen molar-refractivity contribution in [2.45, 2.75) is 52.4 Å². The first-order chi connectivity index (χ1) is 10.0. The summed E-state index contributed by atoms with van der Waals surface area (Å²) < 4.78 is 0. The van der Waals surface area contributed by atoms with Gasteiger partial charge < -0.3 is 5.73 Å². The van der Waals surface area contributed by atoms with Crippen LogP contribution in [0.3, 0.4) is 0 Å².